The molecular weight excluding hydrogens is 432 g/mol. The van der Waals surface area contributed by atoms with E-state index in [-0.39, 0.29) is 5.91 Å². The third-order valence-corrected chi connectivity index (χ3v) is 7.11. The Morgan fingerprint density at radius 1 is 1.11 bits per heavy atom. The van der Waals surface area contributed by atoms with Crippen LogP contribution in [0.5, 0.6) is 0 Å². The number of hydrogen-bond donors (Lipinski definition) is 1. The maximum atomic E-state index is 12.8. The Hall–Kier alpha value is -1.59. The first-order valence-corrected chi connectivity index (χ1v) is 11.7. The summed E-state index contributed by atoms with van der Waals surface area (Å²) >= 11 is 5.30. The average molecular weight is 457 g/mol. The summed E-state index contributed by atoms with van der Waals surface area (Å²) in [6, 6.07) is 12.6. The molecule has 2 aromatic rings. The van der Waals surface area contributed by atoms with Gasteiger partial charge in [0.05, 0.1) is 5.69 Å². The third-order valence-electron chi connectivity index (χ3n) is 5.47. The first-order valence-electron chi connectivity index (χ1n) is 10.1. The number of benzene rings is 2. The SMILES string of the molecule is CCC1=Nc2cc(C(=O)NC3CCCCCC3)ccc2Sc2ccc(Br)cc21. The molecule has 2 aliphatic rings. The van der Waals surface area contributed by atoms with Crippen molar-refractivity contribution in [1.29, 1.82) is 0 Å². The third kappa shape index (κ3) is 4.36. The molecule has 0 saturated heterocycles. The van der Waals surface area contributed by atoms with Crippen molar-refractivity contribution < 1.29 is 4.79 Å². The van der Waals surface area contributed by atoms with Gasteiger partial charge < -0.3 is 5.32 Å². The quantitative estimate of drug-likeness (QED) is 0.510. The minimum Gasteiger partial charge on any atom is -0.349 e. The second-order valence-electron chi connectivity index (χ2n) is 7.50. The number of nitrogens with one attached hydrogen (secondary N) is 1. The van der Waals surface area contributed by atoms with Gasteiger partial charge in [0.1, 0.15) is 0 Å². The topological polar surface area (TPSA) is 41.5 Å². The second kappa shape index (κ2) is 8.83. The van der Waals surface area contributed by atoms with Gasteiger partial charge in [-0.1, -0.05) is 60.3 Å². The summed E-state index contributed by atoms with van der Waals surface area (Å²) in [6.07, 6.45) is 8.03. The molecule has 1 saturated carbocycles. The number of aliphatic imine (C=N–C) groups is 1. The lowest BCUT2D eigenvalue weighted by Gasteiger charge is -2.16. The number of nitrogens with zero attached hydrogens (tertiary/aromatic N) is 1. The number of fused-ring (bicyclic) bond motifs is 2. The molecule has 3 nitrogen and oxygen atoms in total. The molecule has 0 bridgehead atoms. The van der Waals surface area contributed by atoms with Crippen molar-refractivity contribution in [2.24, 2.45) is 4.99 Å². The summed E-state index contributed by atoms with van der Waals surface area (Å²) in [5.74, 6) is 0.0254. The van der Waals surface area contributed by atoms with Gasteiger partial charge >= 0.3 is 0 Å². The van der Waals surface area contributed by atoms with Crippen LogP contribution in [-0.2, 0) is 0 Å². The van der Waals surface area contributed by atoms with E-state index in [1.54, 1.807) is 11.8 Å². The predicted octanol–water partition coefficient (Wildman–Crippen LogP) is 6.90. The molecular formula is C23H25BrN2OS. The Balaban J connectivity index is 1.62. The molecule has 4 rings (SSSR count). The van der Waals surface area contributed by atoms with Crippen molar-refractivity contribution in [2.45, 2.75) is 67.7 Å². The van der Waals surface area contributed by atoms with Crippen LogP contribution < -0.4 is 5.32 Å². The highest BCUT2D eigenvalue weighted by Gasteiger charge is 2.20. The minimum atomic E-state index is 0.0254. The van der Waals surface area contributed by atoms with Gasteiger partial charge in [0.15, 0.2) is 0 Å². The van der Waals surface area contributed by atoms with E-state index in [0.717, 1.165) is 40.0 Å². The lowest BCUT2D eigenvalue weighted by molar-refractivity contribution is 0.0933. The Morgan fingerprint density at radius 2 is 1.86 bits per heavy atom. The Labute approximate surface area is 179 Å². The molecule has 0 unspecified atom stereocenters. The molecule has 0 aromatic heterocycles. The van der Waals surface area contributed by atoms with Crippen molar-refractivity contribution >= 4 is 45.0 Å². The van der Waals surface area contributed by atoms with E-state index < -0.39 is 0 Å². The normalized spacial score (nSPS) is 17.0. The highest BCUT2D eigenvalue weighted by molar-refractivity contribution is 9.10. The van der Waals surface area contributed by atoms with Gasteiger partial charge in [-0.2, -0.15) is 0 Å². The molecule has 28 heavy (non-hydrogen) atoms. The molecule has 1 heterocycles. The molecule has 2 aromatic carbocycles. The fraction of sp³-hybridized carbons (Fsp3) is 0.391. The van der Waals surface area contributed by atoms with E-state index in [1.807, 2.05) is 18.2 Å². The van der Waals surface area contributed by atoms with E-state index in [1.165, 1.54) is 36.1 Å². The number of halogens is 1. The van der Waals surface area contributed by atoms with Crippen LogP contribution in [0.1, 0.15) is 67.8 Å². The summed E-state index contributed by atoms with van der Waals surface area (Å²) in [7, 11) is 0. The molecule has 1 aliphatic heterocycles. The van der Waals surface area contributed by atoms with Crippen LogP contribution in [0.15, 0.2) is 55.7 Å². The molecule has 146 valence electrons. The molecule has 5 heteroatoms. The van der Waals surface area contributed by atoms with Crippen LogP contribution in [0.4, 0.5) is 5.69 Å². The summed E-state index contributed by atoms with van der Waals surface area (Å²) < 4.78 is 1.06. The van der Waals surface area contributed by atoms with Crippen LogP contribution in [0.25, 0.3) is 0 Å². The number of carbonyl (C=O) groups excluding carboxylic acids is 1. The lowest BCUT2D eigenvalue weighted by atomic mass is 10.1. The highest BCUT2D eigenvalue weighted by Crippen LogP contribution is 2.41. The van der Waals surface area contributed by atoms with Crippen molar-refractivity contribution in [1.82, 2.24) is 5.32 Å². The smallest absolute Gasteiger partial charge is 0.251 e. The van der Waals surface area contributed by atoms with Crippen LogP contribution in [0.3, 0.4) is 0 Å². The number of hydrogen-bond acceptors (Lipinski definition) is 3. The van der Waals surface area contributed by atoms with E-state index in [4.69, 9.17) is 4.99 Å². The van der Waals surface area contributed by atoms with Gasteiger partial charge in [-0.3, -0.25) is 9.79 Å². The van der Waals surface area contributed by atoms with Crippen LogP contribution >= 0.6 is 27.7 Å². The van der Waals surface area contributed by atoms with Gasteiger partial charge in [-0.15, -0.1) is 0 Å². The van der Waals surface area contributed by atoms with Gasteiger partial charge in [-0.05, 0) is 55.7 Å². The predicted molar refractivity (Wildman–Crippen MR) is 120 cm³/mol. The molecule has 0 radical (unpaired) electrons. The van der Waals surface area contributed by atoms with Gasteiger partial charge in [0.2, 0.25) is 0 Å². The minimum absolute atomic E-state index is 0.0254. The highest BCUT2D eigenvalue weighted by atomic mass is 79.9. The zero-order valence-corrected chi connectivity index (χ0v) is 18.5. The Kier molecular flexibility index (Phi) is 6.22. The zero-order valence-electron chi connectivity index (χ0n) is 16.1. The van der Waals surface area contributed by atoms with E-state index in [2.05, 4.69) is 46.4 Å². The monoisotopic (exact) mass is 456 g/mol. The van der Waals surface area contributed by atoms with Gasteiger partial charge in [0.25, 0.3) is 5.91 Å². The number of rotatable bonds is 3. The van der Waals surface area contributed by atoms with Gasteiger partial charge in [-0.25, -0.2) is 0 Å². The summed E-state index contributed by atoms with van der Waals surface area (Å²) in [5, 5.41) is 3.25. The standard InChI is InChI=1S/C23H25BrN2OS/c1-2-19-18-14-16(24)10-12-21(18)28-22-11-9-15(13-20(22)26-19)23(27)25-17-7-5-3-4-6-8-17/h9-14,17H,2-8H2,1H3,(H,25,27). The molecule has 0 spiro atoms. The maximum Gasteiger partial charge on any atom is 0.251 e. The van der Waals surface area contributed by atoms with E-state index in [9.17, 15) is 4.79 Å². The zero-order chi connectivity index (χ0) is 19.5. The number of carbonyl (C=O) groups is 1. The largest absolute Gasteiger partial charge is 0.349 e. The van der Waals surface area contributed by atoms with Crippen molar-refractivity contribution in [2.75, 3.05) is 0 Å². The van der Waals surface area contributed by atoms with E-state index >= 15 is 0 Å². The molecule has 1 aliphatic carbocycles. The molecule has 1 fully saturated rings. The first-order chi connectivity index (χ1) is 13.6. The molecule has 0 atom stereocenters. The maximum absolute atomic E-state index is 12.8. The van der Waals surface area contributed by atoms with Crippen molar-refractivity contribution in [3.05, 3.63) is 52.0 Å². The average Bonchev–Trinajstić information content (AvgIpc) is 3.04. The lowest BCUT2D eigenvalue weighted by Crippen LogP contribution is -2.34. The van der Waals surface area contributed by atoms with E-state index in [0.29, 0.717) is 11.6 Å². The summed E-state index contributed by atoms with van der Waals surface area (Å²) in [5.41, 5.74) is 3.82. The van der Waals surface area contributed by atoms with Crippen LogP contribution in [0, 0.1) is 0 Å². The fourth-order valence-electron chi connectivity index (χ4n) is 3.94. The fourth-order valence-corrected chi connectivity index (χ4v) is 5.30. The summed E-state index contributed by atoms with van der Waals surface area (Å²) in [4.78, 5) is 20.1. The van der Waals surface area contributed by atoms with Crippen molar-refractivity contribution in [3.63, 3.8) is 0 Å². The van der Waals surface area contributed by atoms with Crippen LogP contribution in [-0.4, -0.2) is 17.7 Å². The second-order valence-corrected chi connectivity index (χ2v) is 9.50. The molecule has 1 N–H and O–H groups in total. The number of amides is 1. The Morgan fingerprint density at radius 3 is 2.61 bits per heavy atom. The van der Waals surface area contributed by atoms with Crippen molar-refractivity contribution in [3.8, 4) is 0 Å². The summed E-state index contributed by atoms with van der Waals surface area (Å²) in [6.45, 7) is 2.13. The van der Waals surface area contributed by atoms with Gasteiger partial charge in [0, 0.05) is 37.1 Å². The molecule has 1 amide bonds. The Bertz CT molecular complexity index is 917. The first kappa shape index (κ1) is 19.7. The van der Waals surface area contributed by atoms with Crippen LogP contribution in [0.2, 0.25) is 0 Å².